The lowest BCUT2D eigenvalue weighted by molar-refractivity contribution is -0.135. The average molecular weight is 818 g/mol. The summed E-state index contributed by atoms with van der Waals surface area (Å²) >= 11 is 0. The van der Waals surface area contributed by atoms with Crippen LogP contribution in [-0.4, -0.2) is 133 Å². The molecule has 0 spiro atoms. The van der Waals surface area contributed by atoms with Gasteiger partial charge in [0.25, 0.3) is 0 Å². The van der Waals surface area contributed by atoms with Gasteiger partial charge in [-0.3, -0.25) is 48.1 Å². The van der Waals surface area contributed by atoms with Crippen molar-refractivity contribution in [3.8, 4) is 0 Å². The maximum absolute atomic E-state index is 13.9. The summed E-state index contributed by atoms with van der Waals surface area (Å²) in [5.74, 6) is -7.86. The lowest BCUT2D eigenvalue weighted by Gasteiger charge is -2.26. The van der Waals surface area contributed by atoms with Crippen molar-refractivity contribution in [2.24, 2.45) is 27.9 Å². The Kier molecular flexibility index (Phi) is 20.6. The molecule has 0 bridgehead atoms. The molecule has 320 valence electrons. The number of amides is 9. The van der Waals surface area contributed by atoms with Gasteiger partial charge in [-0.15, -0.1) is 0 Å². The zero-order chi connectivity index (χ0) is 43.2. The molecule has 58 heavy (non-hydrogen) atoms. The molecule has 23 heteroatoms. The second-order valence-electron chi connectivity index (χ2n) is 13.4. The van der Waals surface area contributed by atoms with Crippen molar-refractivity contribution >= 4 is 59.1 Å². The predicted molar refractivity (Wildman–Crippen MR) is 207 cm³/mol. The van der Waals surface area contributed by atoms with Crippen molar-refractivity contribution in [2.75, 3.05) is 32.7 Å². The van der Waals surface area contributed by atoms with Gasteiger partial charge in [0.1, 0.15) is 30.2 Å². The number of aliphatic hydroxyl groups is 1. The third-order valence-corrected chi connectivity index (χ3v) is 8.57. The van der Waals surface area contributed by atoms with Crippen LogP contribution < -0.4 is 65.5 Å². The van der Waals surface area contributed by atoms with Crippen LogP contribution in [0.5, 0.6) is 0 Å². The van der Waals surface area contributed by atoms with E-state index in [1.165, 1.54) is 6.92 Å². The topological polar surface area (TPSA) is 387 Å². The van der Waals surface area contributed by atoms with Crippen molar-refractivity contribution in [3.63, 3.8) is 0 Å². The van der Waals surface area contributed by atoms with E-state index in [1.807, 2.05) is 0 Å². The summed E-state index contributed by atoms with van der Waals surface area (Å²) in [6.45, 7) is -0.414. The standard InChI is InChI=1S/C35H55N13O10/c1-19(49)29-34(58)45-21(30(37)54)10-5-6-12-40-25(50)15-24(44-27(52)17-42-26(51)16-36)33(57)46-22(11-7-13-41-35(38)39)32(56)47-23(14-20-8-3-2-4-9-20)31(55)43-18-28(53)48-29/h2-4,8-9,19,21-24,29,49H,5-7,10-18,36H2,1H3,(H2,37,54)(H,40,50)(H,42,51)(H,43,55)(H,44,52)(H,45,58)(H,46,57)(H,47,56)(H,48,53)(H4,38,39,41)/t19-,21+,22+,23+,24+,29+/m1/s1. The fourth-order valence-electron chi connectivity index (χ4n) is 5.51. The van der Waals surface area contributed by atoms with Gasteiger partial charge in [0.05, 0.1) is 32.2 Å². The minimum atomic E-state index is -1.57. The molecule has 0 aliphatic carbocycles. The molecular weight excluding hydrogens is 762 g/mol. The van der Waals surface area contributed by atoms with Crippen LogP contribution >= 0.6 is 0 Å². The summed E-state index contributed by atoms with van der Waals surface area (Å²) in [6, 6.07) is 1.41. The van der Waals surface area contributed by atoms with E-state index >= 15 is 0 Å². The highest BCUT2D eigenvalue weighted by Gasteiger charge is 2.32. The lowest BCUT2D eigenvalue weighted by Crippen LogP contribution is -2.59. The Bertz CT molecular complexity index is 1640. The predicted octanol–water partition coefficient (Wildman–Crippen LogP) is -6.55. The summed E-state index contributed by atoms with van der Waals surface area (Å²) in [4.78, 5) is 121. The number of aliphatic imine (C=N–C) groups is 1. The Labute approximate surface area is 334 Å². The van der Waals surface area contributed by atoms with Crippen LogP contribution in [0.2, 0.25) is 0 Å². The second kappa shape index (κ2) is 25.0. The highest BCUT2D eigenvalue weighted by Crippen LogP contribution is 2.08. The Morgan fingerprint density at radius 2 is 1.53 bits per heavy atom. The number of nitrogens with zero attached hydrogens (tertiary/aromatic N) is 1. The van der Waals surface area contributed by atoms with Gasteiger partial charge >= 0.3 is 0 Å². The van der Waals surface area contributed by atoms with Gasteiger partial charge < -0.3 is 70.6 Å². The van der Waals surface area contributed by atoms with Crippen molar-refractivity contribution in [1.29, 1.82) is 0 Å². The fourth-order valence-corrected chi connectivity index (χ4v) is 5.51. The number of nitrogens with one attached hydrogen (secondary N) is 8. The van der Waals surface area contributed by atoms with Crippen LogP contribution in [0.4, 0.5) is 0 Å². The van der Waals surface area contributed by atoms with Gasteiger partial charge in [0.2, 0.25) is 53.2 Å². The number of hydrogen-bond acceptors (Lipinski definition) is 12. The Morgan fingerprint density at radius 3 is 2.17 bits per heavy atom. The van der Waals surface area contributed by atoms with Gasteiger partial charge in [-0.25, -0.2) is 0 Å². The lowest BCUT2D eigenvalue weighted by atomic mass is 10.0. The molecule has 1 aliphatic rings. The summed E-state index contributed by atoms with van der Waals surface area (Å²) in [5.41, 5.74) is 22.2. The molecule has 9 amide bonds. The maximum Gasteiger partial charge on any atom is 0.245 e. The minimum Gasteiger partial charge on any atom is -0.391 e. The molecule has 0 saturated carbocycles. The van der Waals surface area contributed by atoms with Gasteiger partial charge in [-0.05, 0) is 44.6 Å². The molecule has 1 aromatic carbocycles. The SMILES string of the molecule is C[C@@H](O)[C@@H]1NC(=O)CNC(=O)[C@H](Cc2ccccc2)NC(=O)[C@H](CCCN=C(N)N)NC(=O)[C@@H](NC(=O)CNC(=O)CN)CC(=O)NCCCC[C@@H](C(N)=O)NC1=O. The van der Waals surface area contributed by atoms with E-state index in [9.17, 15) is 48.3 Å². The van der Waals surface area contributed by atoms with E-state index in [4.69, 9.17) is 22.9 Å². The first-order valence-electron chi connectivity index (χ1n) is 18.6. The normalized spacial score (nSPS) is 22.6. The van der Waals surface area contributed by atoms with E-state index in [0.717, 1.165) is 0 Å². The largest absolute Gasteiger partial charge is 0.391 e. The smallest absolute Gasteiger partial charge is 0.245 e. The zero-order valence-electron chi connectivity index (χ0n) is 32.2. The van der Waals surface area contributed by atoms with Gasteiger partial charge in [-0.2, -0.15) is 0 Å². The van der Waals surface area contributed by atoms with Crippen LogP contribution in [-0.2, 0) is 49.6 Å². The molecular formula is C35H55N13O10. The number of aliphatic hydroxyl groups excluding tert-OH is 1. The molecule has 1 heterocycles. The molecule has 1 fully saturated rings. The molecule has 1 aliphatic heterocycles. The number of hydrogen-bond donors (Lipinski definition) is 13. The second-order valence-corrected chi connectivity index (χ2v) is 13.4. The number of carbonyl (C=O) groups excluding carboxylic acids is 9. The van der Waals surface area contributed by atoms with Crippen molar-refractivity contribution < 1.29 is 48.3 Å². The minimum absolute atomic E-state index is 0.0114. The Morgan fingerprint density at radius 1 is 0.845 bits per heavy atom. The van der Waals surface area contributed by atoms with Crippen LogP contribution in [0.3, 0.4) is 0 Å². The van der Waals surface area contributed by atoms with Crippen molar-refractivity contribution in [3.05, 3.63) is 35.9 Å². The van der Waals surface area contributed by atoms with E-state index in [0.29, 0.717) is 5.56 Å². The fraction of sp³-hybridized carbons (Fsp3) is 0.543. The Balaban J connectivity index is 2.51. The van der Waals surface area contributed by atoms with Crippen LogP contribution in [0, 0.1) is 0 Å². The summed E-state index contributed by atoms with van der Waals surface area (Å²) < 4.78 is 0. The number of rotatable bonds is 12. The van der Waals surface area contributed by atoms with Crippen LogP contribution in [0.1, 0.15) is 51.0 Å². The van der Waals surface area contributed by atoms with E-state index in [-0.39, 0.29) is 57.6 Å². The summed E-state index contributed by atoms with van der Waals surface area (Å²) in [5, 5.41) is 29.8. The third kappa shape index (κ3) is 18.1. The zero-order valence-corrected chi connectivity index (χ0v) is 32.2. The number of nitrogens with two attached hydrogens (primary N) is 4. The highest BCUT2D eigenvalue weighted by atomic mass is 16.3. The van der Waals surface area contributed by atoms with Crippen molar-refractivity contribution in [1.82, 2.24) is 42.5 Å². The average Bonchev–Trinajstić information content (AvgIpc) is 3.17. The van der Waals surface area contributed by atoms with Crippen molar-refractivity contribution in [2.45, 2.75) is 88.2 Å². The molecule has 2 rings (SSSR count). The first kappa shape index (κ1) is 47.8. The molecule has 6 atom stereocenters. The first-order valence-corrected chi connectivity index (χ1v) is 18.6. The summed E-state index contributed by atoms with van der Waals surface area (Å²) in [6.07, 6.45) is -1.58. The molecule has 0 unspecified atom stereocenters. The van der Waals surface area contributed by atoms with Crippen LogP contribution in [0.25, 0.3) is 0 Å². The number of carbonyl (C=O) groups is 9. The molecule has 0 aromatic heterocycles. The number of primary amides is 1. The van der Waals surface area contributed by atoms with Crippen LogP contribution in [0.15, 0.2) is 35.3 Å². The third-order valence-electron chi connectivity index (χ3n) is 8.57. The van der Waals surface area contributed by atoms with Gasteiger partial charge in [-0.1, -0.05) is 30.3 Å². The number of benzene rings is 1. The molecule has 17 N–H and O–H groups in total. The van der Waals surface area contributed by atoms with E-state index in [1.54, 1.807) is 30.3 Å². The molecule has 1 aromatic rings. The summed E-state index contributed by atoms with van der Waals surface area (Å²) in [7, 11) is 0. The molecule has 1 saturated heterocycles. The van der Waals surface area contributed by atoms with E-state index < -0.39 is 116 Å². The molecule has 0 radical (unpaired) electrons. The Hall–Kier alpha value is -6.36. The quantitative estimate of drug-likeness (QED) is 0.0531. The number of guanidine groups is 1. The first-order chi connectivity index (χ1) is 27.5. The molecule has 23 nitrogen and oxygen atoms in total. The monoisotopic (exact) mass is 817 g/mol. The van der Waals surface area contributed by atoms with E-state index in [2.05, 4.69) is 47.5 Å². The maximum atomic E-state index is 13.9. The highest BCUT2D eigenvalue weighted by molar-refractivity contribution is 5.98. The van der Waals surface area contributed by atoms with Gasteiger partial charge in [0, 0.05) is 19.5 Å². The van der Waals surface area contributed by atoms with Gasteiger partial charge in [0.15, 0.2) is 5.96 Å².